The van der Waals surface area contributed by atoms with Gasteiger partial charge >= 0.3 is 0 Å². The normalized spacial score (nSPS) is 17.6. The maximum absolute atomic E-state index is 12.0. The van der Waals surface area contributed by atoms with E-state index in [1.165, 1.54) is 25.7 Å². The molecular formula is C14H20N2OS. The second-order valence-corrected chi connectivity index (χ2v) is 6.18. The summed E-state index contributed by atoms with van der Waals surface area (Å²) < 4.78 is 0.246. The maximum atomic E-state index is 12.0. The molecule has 0 heterocycles. The van der Waals surface area contributed by atoms with Gasteiger partial charge in [-0.1, -0.05) is 18.9 Å². The Kier molecular flexibility index (Phi) is 4.17. The van der Waals surface area contributed by atoms with Crippen molar-refractivity contribution >= 4 is 23.4 Å². The second-order valence-electron chi connectivity index (χ2n) is 4.90. The molecule has 0 aromatic heterocycles. The first kappa shape index (κ1) is 13.3. The molecule has 4 heteroatoms. The highest BCUT2D eigenvalue weighted by Gasteiger charge is 2.33. The van der Waals surface area contributed by atoms with Crippen LogP contribution in [0.15, 0.2) is 24.3 Å². The van der Waals surface area contributed by atoms with Crippen LogP contribution in [0.25, 0.3) is 0 Å². The lowest BCUT2D eigenvalue weighted by Crippen LogP contribution is -2.38. The molecule has 1 saturated carbocycles. The number of amides is 1. The molecule has 1 aliphatic carbocycles. The van der Waals surface area contributed by atoms with Gasteiger partial charge in [-0.2, -0.15) is 11.8 Å². The second kappa shape index (κ2) is 5.65. The summed E-state index contributed by atoms with van der Waals surface area (Å²) >= 11 is 1.88. The van der Waals surface area contributed by atoms with E-state index >= 15 is 0 Å². The number of carbonyl (C=O) groups is 1. The molecule has 3 nitrogen and oxygen atoms in total. The van der Waals surface area contributed by atoms with Crippen LogP contribution in [0.1, 0.15) is 36.0 Å². The van der Waals surface area contributed by atoms with Crippen LogP contribution in [-0.2, 0) is 0 Å². The molecule has 0 aliphatic heterocycles. The van der Waals surface area contributed by atoms with Crippen LogP contribution in [0.5, 0.6) is 0 Å². The predicted octanol–water partition coefficient (Wildman–Crippen LogP) is 2.67. The highest BCUT2D eigenvalue weighted by molar-refractivity contribution is 8.00. The molecule has 1 fully saturated rings. The van der Waals surface area contributed by atoms with E-state index in [0.29, 0.717) is 11.3 Å². The van der Waals surface area contributed by atoms with Gasteiger partial charge in [-0.3, -0.25) is 4.79 Å². The van der Waals surface area contributed by atoms with Gasteiger partial charge in [0.05, 0.1) is 0 Å². The topological polar surface area (TPSA) is 55.1 Å². The summed E-state index contributed by atoms with van der Waals surface area (Å²) in [6.07, 6.45) is 7.08. The van der Waals surface area contributed by atoms with E-state index < -0.39 is 0 Å². The minimum atomic E-state index is -0.0253. The SMILES string of the molecule is CSC1(CNC(=O)c2cccc(N)c2)CCCC1. The molecule has 1 aromatic carbocycles. The van der Waals surface area contributed by atoms with Gasteiger partial charge in [0.15, 0.2) is 0 Å². The van der Waals surface area contributed by atoms with Crippen molar-refractivity contribution < 1.29 is 4.79 Å². The van der Waals surface area contributed by atoms with Crippen LogP contribution in [-0.4, -0.2) is 23.5 Å². The fraction of sp³-hybridized carbons (Fsp3) is 0.500. The van der Waals surface area contributed by atoms with E-state index in [1.54, 1.807) is 18.2 Å². The Labute approximate surface area is 113 Å². The van der Waals surface area contributed by atoms with Gasteiger partial charge < -0.3 is 11.1 Å². The number of nitrogen functional groups attached to an aromatic ring is 1. The Morgan fingerprint density at radius 2 is 2.17 bits per heavy atom. The molecule has 18 heavy (non-hydrogen) atoms. The molecule has 0 spiro atoms. The van der Waals surface area contributed by atoms with Crippen LogP contribution in [0.3, 0.4) is 0 Å². The molecule has 0 bridgehead atoms. The summed E-state index contributed by atoms with van der Waals surface area (Å²) in [4.78, 5) is 12.0. The molecule has 2 rings (SSSR count). The van der Waals surface area contributed by atoms with Gasteiger partial charge in [-0.25, -0.2) is 0 Å². The van der Waals surface area contributed by atoms with Crippen molar-refractivity contribution in [1.82, 2.24) is 5.32 Å². The van der Waals surface area contributed by atoms with Crippen molar-refractivity contribution in [2.24, 2.45) is 0 Å². The van der Waals surface area contributed by atoms with Gasteiger partial charge in [-0.05, 0) is 37.3 Å². The fourth-order valence-electron chi connectivity index (χ4n) is 2.50. The van der Waals surface area contributed by atoms with Crippen LogP contribution < -0.4 is 11.1 Å². The van der Waals surface area contributed by atoms with E-state index in [4.69, 9.17) is 5.73 Å². The van der Waals surface area contributed by atoms with Crippen molar-refractivity contribution in [3.8, 4) is 0 Å². The Bertz CT molecular complexity index is 428. The molecule has 1 aromatic rings. The Morgan fingerprint density at radius 3 is 2.78 bits per heavy atom. The molecule has 1 amide bonds. The first-order valence-corrected chi connectivity index (χ1v) is 7.57. The summed E-state index contributed by atoms with van der Waals surface area (Å²) in [5, 5.41) is 3.04. The van der Waals surface area contributed by atoms with E-state index in [9.17, 15) is 4.79 Å². The van der Waals surface area contributed by atoms with Crippen molar-refractivity contribution in [3.63, 3.8) is 0 Å². The van der Waals surface area contributed by atoms with E-state index in [0.717, 1.165) is 6.54 Å². The quantitative estimate of drug-likeness (QED) is 0.822. The zero-order valence-corrected chi connectivity index (χ0v) is 11.6. The zero-order valence-electron chi connectivity index (χ0n) is 10.7. The van der Waals surface area contributed by atoms with Crippen LogP contribution >= 0.6 is 11.8 Å². The number of nitrogens with two attached hydrogens (primary N) is 1. The highest BCUT2D eigenvalue weighted by atomic mass is 32.2. The highest BCUT2D eigenvalue weighted by Crippen LogP contribution is 2.39. The number of nitrogens with one attached hydrogen (secondary N) is 1. The number of hydrogen-bond acceptors (Lipinski definition) is 3. The van der Waals surface area contributed by atoms with Gasteiger partial charge in [0, 0.05) is 22.5 Å². The summed E-state index contributed by atoms with van der Waals surface area (Å²) in [5.41, 5.74) is 6.95. The number of hydrogen-bond donors (Lipinski definition) is 2. The van der Waals surface area contributed by atoms with Crippen LogP contribution in [0.4, 0.5) is 5.69 Å². The number of benzene rings is 1. The van der Waals surface area contributed by atoms with Gasteiger partial charge in [0.2, 0.25) is 0 Å². The molecule has 3 N–H and O–H groups in total. The van der Waals surface area contributed by atoms with E-state index in [-0.39, 0.29) is 10.7 Å². The van der Waals surface area contributed by atoms with Gasteiger partial charge in [0.1, 0.15) is 0 Å². The first-order valence-electron chi connectivity index (χ1n) is 6.34. The number of rotatable bonds is 4. The summed E-state index contributed by atoms with van der Waals surface area (Å²) in [7, 11) is 0. The average Bonchev–Trinajstić information content (AvgIpc) is 2.85. The zero-order chi connectivity index (χ0) is 13.0. The Balaban J connectivity index is 1.96. The summed E-state index contributed by atoms with van der Waals surface area (Å²) in [6.45, 7) is 0.752. The lowest BCUT2D eigenvalue weighted by atomic mass is 10.1. The summed E-state index contributed by atoms with van der Waals surface area (Å²) in [5.74, 6) is -0.0253. The number of thioether (sulfide) groups is 1. The lowest BCUT2D eigenvalue weighted by molar-refractivity contribution is 0.0949. The van der Waals surface area contributed by atoms with Crippen molar-refractivity contribution in [1.29, 1.82) is 0 Å². The molecule has 0 unspecified atom stereocenters. The van der Waals surface area contributed by atoms with Crippen LogP contribution in [0, 0.1) is 0 Å². The van der Waals surface area contributed by atoms with E-state index in [2.05, 4.69) is 11.6 Å². The molecular weight excluding hydrogens is 244 g/mol. The third-order valence-corrected chi connectivity index (χ3v) is 5.09. The summed E-state index contributed by atoms with van der Waals surface area (Å²) in [6, 6.07) is 7.11. The van der Waals surface area contributed by atoms with E-state index in [1.807, 2.05) is 17.8 Å². The molecule has 0 radical (unpaired) electrons. The van der Waals surface area contributed by atoms with Crippen molar-refractivity contribution in [2.45, 2.75) is 30.4 Å². The van der Waals surface area contributed by atoms with Gasteiger partial charge in [-0.15, -0.1) is 0 Å². The minimum Gasteiger partial charge on any atom is -0.399 e. The molecule has 98 valence electrons. The largest absolute Gasteiger partial charge is 0.399 e. The third kappa shape index (κ3) is 2.99. The Morgan fingerprint density at radius 1 is 1.44 bits per heavy atom. The Hall–Kier alpha value is -1.16. The van der Waals surface area contributed by atoms with Crippen molar-refractivity contribution in [2.75, 3.05) is 18.5 Å². The maximum Gasteiger partial charge on any atom is 0.251 e. The fourth-order valence-corrected chi connectivity index (χ4v) is 3.41. The molecule has 1 aliphatic rings. The monoisotopic (exact) mass is 264 g/mol. The van der Waals surface area contributed by atoms with Gasteiger partial charge in [0.25, 0.3) is 5.91 Å². The lowest BCUT2D eigenvalue weighted by Gasteiger charge is -2.26. The minimum absolute atomic E-state index is 0.0253. The molecule has 0 atom stereocenters. The average molecular weight is 264 g/mol. The standard InChI is InChI=1S/C14H20N2OS/c1-18-14(7-2-3-8-14)10-16-13(17)11-5-4-6-12(15)9-11/h4-6,9H,2-3,7-8,10,15H2,1H3,(H,16,17). The number of anilines is 1. The predicted molar refractivity (Wildman–Crippen MR) is 77.9 cm³/mol. The van der Waals surface area contributed by atoms with Crippen molar-refractivity contribution in [3.05, 3.63) is 29.8 Å². The smallest absolute Gasteiger partial charge is 0.251 e. The first-order chi connectivity index (χ1) is 8.65. The van der Waals surface area contributed by atoms with Crippen LogP contribution in [0.2, 0.25) is 0 Å². The third-order valence-electron chi connectivity index (χ3n) is 3.67. The number of carbonyl (C=O) groups excluding carboxylic acids is 1. The molecule has 0 saturated heterocycles.